The molecule has 0 spiro atoms. The summed E-state index contributed by atoms with van der Waals surface area (Å²) in [6.07, 6.45) is 2.34. The largest absolute Gasteiger partial charge is 0.490 e. The predicted molar refractivity (Wildman–Crippen MR) is 76.8 cm³/mol. The summed E-state index contributed by atoms with van der Waals surface area (Å²) in [4.78, 5) is 2.32. The second-order valence-electron chi connectivity index (χ2n) is 5.01. The van der Waals surface area contributed by atoms with Crippen molar-refractivity contribution in [3.63, 3.8) is 0 Å². The van der Waals surface area contributed by atoms with Crippen LogP contribution in [0, 0.1) is 0 Å². The van der Waals surface area contributed by atoms with Crippen LogP contribution in [0.1, 0.15) is 31.4 Å². The highest BCUT2D eigenvalue weighted by Gasteiger charge is 2.23. The molecule has 2 rings (SSSR count). The first-order valence-corrected chi connectivity index (χ1v) is 7.31. The first-order chi connectivity index (χ1) is 10.2. The molecule has 118 valence electrons. The molecule has 21 heavy (non-hydrogen) atoms. The van der Waals surface area contributed by atoms with Crippen molar-refractivity contribution in [1.82, 2.24) is 4.90 Å². The summed E-state index contributed by atoms with van der Waals surface area (Å²) in [5, 5.41) is 0. The van der Waals surface area contributed by atoms with Crippen LogP contribution >= 0.6 is 0 Å². The van der Waals surface area contributed by atoms with Crippen molar-refractivity contribution in [3.05, 3.63) is 23.8 Å². The monoisotopic (exact) mass is 300 g/mol. The average molecular weight is 300 g/mol. The summed E-state index contributed by atoms with van der Waals surface area (Å²) in [5.74, 6) is 0.403. The van der Waals surface area contributed by atoms with Crippen LogP contribution in [-0.2, 0) is 0 Å². The number of likely N-dealkylation sites (tertiary alicyclic amines) is 1. The summed E-state index contributed by atoms with van der Waals surface area (Å²) in [7, 11) is 0. The lowest BCUT2D eigenvalue weighted by molar-refractivity contribution is -0.0514. The van der Waals surface area contributed by atoms with Crippen molar-refractivity contribution >= 4 is 0 Å². The van der Waals surface area contributed by atoms with Crippen LogP contribution in [0.5, 0.6) is 11.5 Å². The van der Waals surface area contributed by atoms with Crippen molar-refractivity contribution in [2.75, 3.05) is 26.2 Å². The lowest BCUT2D eigenvalue weighted by atomic mass is 10.0. The van der Waals surface area contributed by atoms with Gasteiger partial charge in [0.05, 0.1) is 6.61 Å². The summed E-state index contributed by atoms with van der Waals surface area (Å²) < 4.78 is 34.7. The maximum Gasteiger partial charge on any atom is 0.387 e. The minimum absolute atomic E-state index is 0.0628. The lowest BCUT2D eigenvalue weighted by Gasteiger charge is -2.27. The molecule has 6 heteroatoms. The van der Waals surface area contributed by atoms with Crippen LogP contribution in [0.2, 0.25) is 0 Å². The summed E-state index contributed by atoms with van der Waals surface area (Å²) in [6.45, 7) is 1.85. The van der Waals surface area contributed by atoms with E-state index >= 15 is 0 Å². The molecule has 0 saturated carbocycles. The third-order valence-corrected chi connectivity index (χ3v) is 3.67. The quantitative estimate of drug-likeness (QED) is 0.841. The normalized spacial score (nSPS) is 17.2. The zero-order valence-electron chi connectivity index (χ0n) is 12.2. The summed E-state index contributed by atoms with van der Waals surface area (Å²) in [5.41, 5.74) is 6.87. The fourth-order valence-corrected chi connectivity index (χ4v) is 2.74. The standard InChI is InChI=1S/C15H22F2N2O2/c1-2-20-14-9-11(5-6-13(14)21-15(16)17)12(10-18)19-7-3-4-8-19/h5-6,9,12,15H,2-4,7-8,10,18H2,1H3. The van der Waals surface area contributed by atoms with Crippen LogP contribution in [0.25, 0.3) is 0 Å². The van der Waals surface area contributed by atoms with E-state index < -0.39 is 6.61 Å². The van der Waals surface area contributed by atoms with Crippen molar-refractivity contribution in [2.24, 2.45) is 5.73 Å². The van der Waals surface area contributed by atoms with Gasteiger partial charge in [0, 0.05) is 12.6 Å². The van der Waals surface area contributed by atoms with E-state index in [4.69, 9.17) is 10.5 Å². The third kappa shape index (κ3) is 4.04. The average Bonchev–Trinajstić information content (AvgIpc) is 2.96. The fourth-order valence-electron chi connectivity index (χ4n) is 2.74. The van der Waals surface area contributed by atoms with Gasteiger partial charge in [0.15, 0.2) is 11.5 Å². The van der Waals surface area contributed by atoms with Gasteiger partial charge in [-0.2, -0.15) is 8.78 Å². The van der Waals surface area contributed by atoms with E-state index in [1.807, 2.05) is 0 Å². The molecule has 1 aromatic carbocycles. The van der Waals surface area contributed by atoms with Gasteiger partial charge in [-0.05, 0) is 50.6 Å². The van der Waals surface area contributed by atoms with Gasteiger partial charge >= 0.3 is 6.61 Å². The van der Waals surface area contributed by atoms with E-state index in [-0.39, 0.29) is 11.8 Å². The Morgan fingerprint density at radius 3 is 2.52 bits per heavy atom. The second kappa shape index (κ2) is 7.56. The van der Waals surface area contributed by atoms with Crippen molar-refractivity contribution in [1.29, 1.82) is 0 Å². The number of nitrogens with zero attached hydrogens (tertiary/aromatic N) is 1. The highest BCUT2D eigenvalue weighted by Crippen LogP contribution is 2.34. The second-order valence-corrected chi connectivity index (χ2v) is 5.01. The number of benzene rings is 1. The molecule has 0 aromatic heterocycles. The van der Waals surface area contributed by atoms with E-state index in [2.05, 4.69) is 9.64 Å². The van der Waals surface area contributed by atoms with Gasteiger partial charge in [-0.3, -0.25) is 4.90 Å². The molecule has 1 fully saturated rings. The van der Waals surface area contributed by atoms with Crippen molar-refractivity contribution in [3.8, 4) is 11.5 Å². The zero-order chi connectivity index (χ0) is 15.2. The highest BCUT2D eigenvalue weighted by molar-refractivity contribution is 5.44. The lowest BCUT2D eigenvalue weighted by Crippen LogP contribution is -2.31. The number of alkyl halides is 2. The van der Waals surface area contributed by atoms with Crippen LogP contribution in [0.15, 0.2) is 18.2 Å². The summed E-state index contributed by atoms with van der Waals surface area (Å²) >= 11 is 0. The SMILES string of the molecule is CCOc1cc(C(CN)N2CCCC2)ccc1OC(F)F. The Morgan fingerprint density at radius 2 is 1.95 bits per heavy atom. The number of nitrogens with two attached hydrogens (primary N) is 1. The maximum atomic E-state index is 12.4. The van der Waals surface area contributed by atoms with Gasteiger partial charge in [-0.15, -0.1) is 0 Å². The van der Waals surface area contributed by atoms with Crippen LogP contribution in [0.4, 0.5) is 8.78 Å². The Labute approximate surface area is 123 Å². The first-order valence-electron chi connectivity index (χ1n) is 7.31. The molecule has 1 aliphatic heterocycles. The van der Waals surface area contributed by atoms with Gasteiger partial charge < -0.3 is 15.2 Å². The molecule has 0 bridgehead atoms. The number of hydrogen-bond donors (Lipinski definition) is 1. The highest BCUT2D eigenvalue weighted by atomic mass is 19.3. The van der Waals surface area contributed by atoms with E-state index in [0.29, 0.717) is 18.9 Å². The number of rotatable bonds is 7. The molecule has 1 aliphatic rings. The van der Waals surface area contributed by atoms with Gasteiger partial charge in [0.2, 0.25) is 0 Å². The predicted octanol–water partition coefficient (Wildman–Crippen LogP) is 2.78. The first kappa shape index (κ1) is 16.0. The van der Waals surface area contributed by atoms with E-state index in [1.165, 1.54) is 18.9 Å². The van der Waals surface area contributed by atoms with Gasteiger partial charge in [-0.1, -0.05) is 6.07 Å². The van der Waals surface area contributed by atoms with E-state index in [1.54, 1.807) is 19.1 Å². The van der Waals surface area contributed by atoms with Crippen LogP contribution in [0.3, 0.4) is 0 Å². The molecule has 0 amide bonds. The molecule has 2 N–H and O–H groups in total. The molecule has 0 aliphatic carbocycles. The molecule has 1 saturated heterocycles. The molecular formula is C15H22F2N2O2. The molecule has 1 atom stereocenters. The van der Waals surface area contributed by atoms with Gasteiger partial charge in [0.1, 0.15) is 0 Å². The maximum absolute atomic E-state index is 12.4. The molecular weight excluding hydrogens is 278 g/mol. The Morgan fingerprint density at radius 1 is 1.24 bits per heavy atom. The minimum Gasteiger partial charge on any atom is -0.490 e. The molecule has 1 heterocycles. The fraction of sp³-hybridized carbons (Fsp3) is 0.600. The van der Waals surface area contributed by atoms with Gasteiger partial charge in [-0.25, -0.2) is 0 Å². The van der Waals surface area contributed by atoms with E-state index in [9.17, 15) is 8.78 Å². The minimum atomic E-state index is -2.86. The third-order valence-electron chi connectivity index (χ3n) is 3.67. The molecule has 1 unspecified atom stereocenters. The van der Waals surface area contributed by atoms with Crippen molar-refractivity contribution in [2.45, 2.75) is 32.4 Å². The Hall–Kier alpha value is -1.40. The Kier molecular flexibility index (Phi) is 5.76. The Balaban J connectivity index is 2.24. The number of halogens is 2. The molecule has 0 radical (unpaired) electrons. The topological polar surface area (TPSA) is 47.7 Å². The smallest absolute Gasteiger partial charge is 0.387 e. The van der Waals surface area contributed by atoms with Gasteiger partial charge in [0.25, 0.3) is 0 Å². The van der Waals surface area contributed by atoms with Crippen LogP contribution in [-0.4, -0.2) is 37.8 Å². The Bertz CT molecular complexity index is 451. The number of ether oxygens (including phenoxy) is 2. The van der Waals surface area contributed by atoms with Crippen LogP contribution < -0.4 is 15.2 Å². The molecule has 1 aromatic rings. The number of hydrogen-bond acceptors (Lipinski definition) is 4. The summed E-state index contributed by atoms with van der Waals surface area (Å²) in [6, 6.07) is 5.17. The van der Waals surface area contributed by atoms with Crippen molar-refractivity contribution < 1.29 is 18.3 Å². The zero-order valence-corrected chi connectivity index (χ0v) is 12.2. The molecule has 4 nitrogen and oxygen atoms in total. The van der Waals surface area contributed by atoms with E-state index in [0.717, 1.165) is 18.7 Å².